The molecule has 9 heteroatoms. The van der Waals surface area contributed by atoms with E-state index >= 15 is 0 Å². The Bertz CT molecular complexity index is 377. The molecule has 0 bridgehead atoms. The molecule has 23 heavy (non-hydrogen) atoms. The number of nitrogens with two attached hydrogens (primary N) is 1. The van der Waals surface area contributed by atoms with Crippen LogP contribution in [0.15, 0.2) is 0 Å². The number of rotatable bonds is 5. The molecule has 0 spiro atoms. The lowest BCUT2D eigenvalue weighted by atomic mass is 9.85. The molecule has 0 aromatic rings. The number of halogens is 5. The summed E-state index contributed by atoms with van der Waals surface area (Å²) in [5.41, 5.74) is 5.31. The standard InChI is InChI=1S/C14H24F3N3O.2ClH/c15-14(16,17)10-20-6-3-11(8-20)7-19-12(21)13(9-18)4-1-2-5-13;;/h11H,1-10,18H2,(H,19,21);2*1H. The number of hydrogen-bond donors (Lipinski definition) is 2. The summed E-state index contributed by atoms with van der Waals surface area (Å²) in [7, 11) is 0. The molecule has 1 unspecified atom stereocenters. The van der Waals surface area contributed by atoms with Crippen LogP contribution >= 0.6 is 24.8 Å². The molecule has 3 N–H and O–H groups in total. The predicted octanol–water partition coefficient (Wildman–Crippen LogP) is 2.35. The maximum atomic E-state index is 12.3. The number of carbonyl (C=O) groups excluding carboxylic acids is 1. The quantitative estimate of drug-likeness (QED) is 0.770. The van der Waals surface area contributed by atoms with Gasteiger partial charge in [-0.05, 0) is 31.7 Å². The van der Waals surface area contributed by atoms with Crippen molar-refractivity contribution in [3.63, 3.8) is 0 Å². The highest BCUT2D eigenvalue weighted by Crippen LogP contribution is 2.37. The molecule has 1 saturated heterocycles. The Kier molecular flexibility index (Phi) is 9.20. The summed E-state index contributed by atoms with van der Waals surface area (Å²) in [5, 5.41) is 2.91. The van der Waals surface area contributed by atoms with E-state index in [1.54, 1.807) is 0 Å². The molecule has 1 atom stereocenters. The molecule has 1 aliphatic carbocycles. The van der Waals surface area contributed by atoms with Crippen LogP contribution < -0.4 is 11.1 Å². The molecule has 2 aliphatic rings. The first-order chi connectivity index (χ1) is 9.85. The summed E-state index contributed by atoms with van der Waals surface area (Å²) < 4.78 is 37.0. The summed E-state index contributed by atoms with van der Waals surface area (Å²) >= 11 is 0. The molecule has 138 valence electrons. The smallest absolute Gasteiger partial charge is 0.355 e. The van der Waals surface area contributed by atoms with E-state index in [2.05, 4.69) is 5.32 Å². The Hall–Kier alpha value is -0.240. The van der Waals surface area contributed by atoms with E-state index < -0.39 is 18.1 Å². The van der Waals surface area contributed by atoms with Gasteiger partial charge in [0.15, 0.2) is 0 Å². The van der Waals surface area contributed by atoms with Crippen molar-refractivity contribution in [3.05, 3.63) is 0 Å². The molecule has 1 saturated carbocycles. The normalized spacial score (nSPS) is 23.9. The first-order valence-corrected chi connectivity index (χ1v) is 7.62. The van der Waals surface area contributed by atoms with Crippen LogP contribution in [0.5, 0.6) is 0 Å². The molecule has 0 aromatic heterocycles. The number of hydrogen-bond acceptors (Lipinski definition) is 3. The van der Waals surface area contributed by atoms with Crippen LogP contribution in [-0.4, -0.2) is 49.7 Å². The van der Waals surface area contributed by atoms with Crippen molar-refractivity contribution in [2.24, 2.45) is 17.1 Å². The fourth-order valence-corrected chi connectivity index (χ4v) is 3.48. The van der Waals surface area contributed by atoms with E-state index in [1.807, 2.05) is 0 Å². The third kappa shape index (κ3) is 6.29. The second-order valence-electron chi connectivity index (χ2n) is 6.41. The Morgan fingerprint density at radius 1 is 1.26 bits per heavy atom. The zero-order valence-corrected chi connectivity index (χ0v) is 14.7. The number of carbonyl (C=O) groups is 1. The lowest BCUT2D eigenvalue weighted by Crippen LogP contribution is -2.45. The molecule has 2 fully saturated rings. The summed E-state index contributed by atoms with van der Waals surface area (Å²) in [4.78, 5) is 13.7. The van der Waals surface area contributed by atoms with Gasteiger partial charge in [-0.3, -0.25) is 9.69 Å². The molecule has 0 radical (unpaired) electrons. The summed E-state index contributed by atoms with van der Waals surface area (Å²) in [6, 6.07) is 0. The van der Waals surface area contributed by atoms with Crippen molar-refractivity contribution < 1.29 is 18.0 Å². The molecular formula is C14H26Cl2F3N3O. The van der Waals surface area contributed by atoms with Crippen LogP contribution in [0.25, 0.3) is 0 Å². The van der Waals surface area contributed by atoms with E-state index in [0.29, 0.717) is 32.6 Å². The van der Waals surface area contributed by atoms with E-state index in [0.717, 1.165) is 25.7 Å². The number of nitrogens with zero attached hydrogens (tertiary/aromatic N) is 1. The second kappa shape index (κ2) is 9.30. The van der Waals surface area contributed by atoms with Gasteiger partial charge < -0.3 is 11.1 Å². The first-order valence-electron chi connectivity index (χ1n) is 7.62. The third-order valence-electron chi connectivity index (χ3n) is 4.76. The summed E-state index contributed by atoms with van der Waals surface area (Å²) in [5.74, 6) is 0.0873. The Morgan fingerprint density at radius 2 is 1.87 bits per heavy atom. The average Bonchev–Trinajstić information content (AvgIpc) is 3.03. The van der Waals surface area contributed by atoms with Gasteiger partial charge in [0, 0.05) is 19.6 Å². The fraction of sp³-hybridized carbons (Fsp3) is 0.929. The van der Waals surface area contributed by atoms with Crippen molar-refractivity contribution in [3.8, 4) is 0 Å². The number of alkyl halides is 3. The zero-order valence-electron chi connectivity index (χ0n) is 13.0. The van der Waals surface area contributed by atoms with Gasteiger partial charge >= 0.3 is 6.18 Å². The average molecular weight is 380 g/mol. The first kappa shape index (κ1) is 22.8. The van der Waals surface area contributed by atoms with Crippen molar-refractivity contribution in [2.45, 2.75) is 38.3 Å². The van der Waals surface area contributed by atoms with Crippen LogP contribution in [0, 0.1) is 11.3 Å². The predicted molar refractivity (Wildman–Crippen MR) is 88.1 cm³/mol. The molecule has 1 aliphatic heterocycles. The third-order valence-corrected chi connectivity index (χ3v) is 4.76. The van der Waals surface area contributed by atoms with Crippen LogP contribution in [-0.2, 0) is 4.79 Å². The SMILES string of the molecule is Cl.Cl.NCC1(C(=O)NCC2CCN(CC(F)(F)F)C2)CCCC1. The van der Waals surface area contributed by atoms with Gasteiger partial charge in [-0.15, -0.1) is 24.8 Å². The molecule has 1 heterocycles. The Balaban J connectivity index is 0.00000242. The Morgan fingerprint density at radius 3 is 2.39 bits per heavy atom. The van der Waals surface area contributed by atoms with Gasteiger partial charge in [0.2, 0.25) is 5.91 Å². The minimum Gasteiger partial charge on any atom is -0.355 e. The lowest BCUT2D eigenvalue weighted by Gasteiger charge is -2.26. The van der Waals surface area contributed by atoms with Crippen molar-refractivity contribution in [1.29, 1.82) is 0 Å². The molecular weight excluding hydrogens is 354 g/mol. The summed E-state index contributed by atoms with van der Waals surface area (Å²) in [6.07, 6.45) is 0.235. The highest BCUT2D eigenvalue weighted by molar-refractivity contribution is 5.85. The topological polar surface area (TPSA) is 58.4 Å². The van der Waals surface area contributed by atoms with Gasteiger partial charge in [0.05, 0.1) is 12.0 Å². The molecule has 4 nitrogen and oxygen atoms in total. The number of nitrogens with one attached hydrogen (secondary N) is 1. The Labute approximate surface area is 147 Å². The van der Waals surface area contributed by atoms with Crippen molar-refractivity contribution >= 4 is 30.7 Å². The van der Waals surface area contributed by atoms with Gasteiger partial charge in [0.1, 0.15) is 0 Å². The van der Waals surface area contributed by atoms with E-state index in [4.69, 9.17) is 5.73 Å². The number of likely N-dealkylation sites (tertiary alicyclic amines) is 1. The van der Waals surface area contributed by atoms with Crippen molar-refractivity contribution in [1.82, 2.24) is 10.2 Å². The van der Waals surface area contributed by atoms with Gasteiger partial charge in [-0.1, -0.05) is 12.8 Å². The molecule has 1 amide bonds. The van der Waals surface area contributed by atoms with Gasteiger partial charge in [-0.25, -0.2) is 0 Å². The largest absolute Gasteiger partial charge is 0.401 e. The number of amides is 1. The van der Waals surface area contributed by atoms with Crippen LogP contribution in [0.1, 0.15) is 32.1 Å². The molecule has 2 rings (SSSR count). The van der Waals surface area contributed by atoms with E-state index in [1.165, 1.54) is 4.90 Å². The van der Waals surface area contributed by atoms with E-state index in [-0.39, 0.29) is 36.6 Å². The summed E-state index contributed by atoms with van der Waals surface area (Å²) in [6.45, 7) is 0.792. The van der Waals surface area contributed by atoms with Gasteiger partial charge in [0.25, 0.3) is 0 Å². The fourth-order valence-electron chi connectivity index (χ4n) is 3.48. The van der Waals surface area contributed by atoms with Crippen LogP contribution in [0.4, 0.5) is 13.2 Å². The van der Waals surface area contributed by atoms with Gasteiger partial charge in [-0.2, -0.15) is 13.2 Å². The minimum absolute atomic E-state index is 0. The van der Waals surface area contributed by atoms with Crippen LogP contribution in [0.3, 0.4) is 0 Å². The highest BCUT2D eigenvalue weighted by Gasteiger charge is 2.40. The lowest BCUT2D eigenvalue weighted by molar-refractivity contribution is -0.144. The second-order valence-corrected chi connectivity index (χ2v) is 6.41. The highest BCUT2D eigenvalue weighted by atomic mass is 35.5. The molecule has 0 aromatic carbocycles. The maximum absolute atomic E-state index is 12.3. The zero-order chi connectivity index (χ0) is 15.5. The van der Waals surface area contributed by atoms with E-state index in [9.17, 15) is 18.0 Å². The van der Waals surface area contributed by atoms with Crippen molar-refractivity contribution in [2.75, 3.05) is 32.7 Å². The minimum atomic E-state index is -4.15. The maximum Gasteiger partial charge on any atom is 0.401 e. The van der Waals surface area contributed by atoms with Crippen LogP contribution in [0.2, 0.25) is 0 Å². The monoisotopic (exact) mass is 379 g/mol.